The fourth-order valence-electron chi connectivity index (χ4n) is 3.68. The van der Waals surface area contributed by atoms with Crippen LogP contribution in [-0.2, 0) is 21.6 Å². The molecule has 3 heteroatoms. The molecule has 2 aromatic carbocycles. The van der Waals surface area contributed by atoms with Gasteiger partial charge in [-0.1, -0.05) is 60.7 Å². The number of nitrogens with zero attached hydrogens (tertiary/aromatic N) is 1. The molecule has 2 aromatic rings. The van der Waals surface area contributed by atoms with Gasteiger partial charge in [0.1, 0.15) is 11.7 Å². The minimum absolute atomic E-state index is 0.108. The first-order valence-corrected chi connectivity index (χ1v) is 8.44. The molecule has 0 bridgehead atoms. The van der Waals surface area contributed by atoms with E-state index < -0.39 is 0 Å². The number of rotatable bonds is 4. The Morgan fingerprint density at radius 3 is 2.30 bits per heavy atom. The first kappa shape index (κ1) is 14.9. The fourth-order valence-corrected chi connectivity index (χ4v) is 3.68. The van der Waals surface area contributed by atoms with Crippen molar-refractivity contribution in [2.75, 3.05) is 26.3 Å². The summed E-state index contributed by atoms with van der Waals surface area (Å²) in [6, 6.07) is 21.2. The Morgan fingerprint density at radius 1 is 0.957 bits per heavy atom. The summed E-state index contributed by atoms with van der Waals surface area (Å²) in [4.78, 5) is 2.48. The lowest BCUT2D eigenvalue weighted by Gasteiger charge is -2.50. The van der Waals surface area contributed by atoms with Gasteiger partial charge in [-0.3, -0.25) is 4.90 Å². The number of ether oxygens (including phenoxy) is 2. The zero-order chi connectivity index (χ0) is 15.5. The lowest BCUT2D eigenvalue weighted by molar-refractivity contribution is -0.241. The van der Waals surface area contributed by atoms with Gasteiger partial charge in [0.25, 0.3) is 0 Å². The SMILES string of the molecule is c1ccc(CN2CCOC(C3(c4ccccc4)CCO3)C2)cc1. The molecule has 2 aliphatic heterocycles. The molecule has 0 amide bonds. The first-order valence-electron chi connectivity index (χ1n) is 8.44. The Kier molecular flexibility index (Phi) is 4.17. The molecule has 2 heterocycles. The van der Waals surface area contributed by atoms with Crippen molar-refractivity contribution in [2.24, 2.45) is 0 Å². The third-order valence-corrected chi connectivity index (χ3v) is 5.02. The number of hydrogen-bond donors (Lipinski definition) is 0. The van der Waals surface area contributed by atoms with Crippen molar-refractivity contribution in [3.8, 4) is 0 Å². The van der Waals surface area contributed by atoms with Crippen LogP contribution in [0.5, 0.6) is 0 Å². The second kappa shape index (κ2) is 6.44. The van der Waals surface area contributed by atoms with Crippen molar-refractivity contribution >= 4 is 0 Å². The topological polar surface area (TPSA) is 21.7 Å². The standard InChI is InChI=1S/C20H23NO2/c1-3-7-17(8-4-1)15-21-12-14-22-19(16-21)20(11-13-23-20)18-9-5-2-6-10-18/h1-10,19H,11-16H2. The third-order valence-electron chi connectivity index (χ3n) is 5.02. The second-order valence-electron chi connectivity index (χ2n) is 6.43. The lowest BCUT2D eigenvalue weighted by atomic mass is 9.80. The zero-order valence-corrected chi connectivity index (χ0v) is 13.4. The molecule has 2 aliphatic rings. The second-order valence-corrected chi connectivity index (χ2v) is 6.43. The molecule has 0 aromatic heterocycles. The fraction of sp³-hybridized carbons (Fsp3) is 0.400. The van der Waals surface area contributed by atoms with Crippen molar-refractivity contribution in [3.63, 3.8) is 0 Å². The van der Waals surface area contributed by atoms with Crippen LogP contribution in [0, 0.1) is 0 Å². The van der Waals surface area contributed by atoms with E-state index in [9.17, 15) is 0 Å². The summed E-state index contributed by atoms with van der Waals surface area (Å²) in [6.45, 7) is 4.48. The van der Waals surface area contributed by atoms with Gasteiger partial charge in [0, 0.05) is 26.1 Å². The molecule has 0 spiro atoms. The highest BCUT2D eigenvalue weighted by Gasteiger charge is 2.49. The summed E-state index contributed by atoms with van der Waals surface area (Å²) in [7, 11) is 0. The molecule has 0 radical (unpaired) electrons. The van der Waals surface area contributed by atoms with Gasteiger partial charge in [-0.2, -0.15) is 0 Å². The molecule has 0 saturated carbocycles. The Balaban J connectivity index is 1.50. The smallest absolute Gasteiger partial charge is 0.123 e. The van der Waals surface area contributed by atoms with Gasteiger partial charge >= 0.3 is 0 Å². The van der Waals surface area contributed by atoms with Gasteiger partial charge in [0.15, 0.2) is 0 Å². The van der Waals surface area contributed by atoms with E-state index >= 15 is 0 Å². The van der Waals surface area contributed by atoms with E-state index in [1.54, 1.807) is 0 Å². The van der Waals surface area contributed by atoms with Crippen LogP contribution >= 0.6 is 0 Å². The summed E-state index contributed by atoms with van der Waals surface area (Å²) < 4.78 is 12.2. The van der Waals surface area contributed by atoms with Gasteiger partial charge < -0.3 is 9.47 Å². The van der Waals surface area contributed by atoms with Crippen LogP contribution in [0.4, 0.5) is 0 Å². The molecular formula is C20H23NO2. The number of benzene rings is 2. The molecule has 0 N–H and O–H groups in total. The Labute approximate surface area is 137 Å². The maximum Gasteiger partial charge on any atom is 0.123 e. The number of hydrogen-bond acceptors (Lipinski definition) is 3. The molecule has 2 fully saturated rings. The average Bonchev–Trinajstić information content (AvgIpc) is 2.56. The average molecular weight is 309 g/mol. The minimum Gasteiger partial charge on any atom is -0.372 e. The Morgan fingerprint density at radius 2 is 1.65 bits per heavy atom. The van der Waals surface area contributed by atoms with Gasteiger partial charge in [-0.05, 0) is 11.1 Å². The highest BCUT2D eigenvalue weighted by molar-refractivity contribution is 5.27. The van der Waals surface area contributed by atoms with Crippen LogP contribution in [0.2, 0.25) is 0 Å². The molecule has 2 unspecified atom stereocenters. The van der Waals surface area contributed by atoms with Gasteiger partial charge in [-0.25, -0.2) is 0 Å². The van der Waals surface area contributed by atoms with Crippen LogP contribution in [0.3, 0.4) is 0 Å². The summed E-state index contributed by atoms with van der Waals surface area (Å²) in [5.74, 6) is 0. The predicted molar refractivity (Wildman–Crippen MR) is 90.1 cm³/mol. The van der Waals surface area contributed by atoms with E-state index in [-0.39, 0.29) is 11.7 Å². The third kappa shape index (κ3) is 2.92. The van der Waals surface area contributed by atoms with Crippen molar-refractivity contribution in [1.82, 2.24) is 4.90 Å². The minimum atomic E-state index is -0.253. The maximum atomic E-state index is 6.14. The highest BCUT2D eigenvalue weighted by atomic mass is 16.6. The molecule has 2 saturated heterocycles. The van der Waals surface area contributed by atoms with Crippen LogP contribution in [0.25, 0.3) is 0 Å². The van der Waals surface area contributed by atoms with Gasteiger partial charge in [0.05, 0.1) is 13.2 Å². The normalized spacial score (nSPS) is 28.3. The predicted octanol–water partition coefficient (Wildman–Crippen LogP) is 3.20. The molecule has 4 rings (SSSR count). The Bertz CT molecular complexity index is 625. The summed E-state index contributed by atoms with van der Waals surface area (Å²) in [5.41, 5.74) is 2.35. The largest absolute Gasteiger partial charge is 0.372 e. The van der Waals surface area contributed by atoms with E-state index in [0.29, 0.717) is 0 Å². The summed E-state index contributed by atoms with van der Waals surface area (Å²) in [5, 5.41) is 0. The molecule has 2 atom stereocenters. The van der Waals surface area contributed by atoms with E-state index in [1.807, 2.05) is 0 Å². The molecule has 3 nitrogen and oxygen atoms in total. The maximum absolute atomic E-state index is 6.14. The zero-order valence-electron chi connectivity index (χ0n) is 13.4. The quantitative estimate of drug-likeness (QED) is 0.866. The van der Waals surface area contributed by atoms with Crippen LogP contribution in [-0.4, -0.2) is 37.3 Å². The van der Waals surface area contributed by atoms with Gasteiger partial charge in [-0.15, -0.1) is 0 Å². The van der Waals surface area contributed by atoms with E-state index in [2.05, 4.69) is 65.6 Å². The van der Waals surface area contributed by atoms with Crippen molar-refractivity contribution in [1.29, 1.82) is 0 Å². The number of morpholine rings is 1. The van der Waals surface area contributed by atoms with Gasteiger partial charge in [0.2, 0.25) is 0 Å². The van der Waals surface area contributed by atoms with E-state index in [1.165, 1.54) is 11.1 Å². The highest BCUT2D eigenvalue weighted by Crippen LogP contribution is 2.42. The molecule has 23 heavy (non-hydrogen) atoms. The lowest BCUT2D eigenvalue weighted by Crippen LogP contribution is -2.58. The first-order chi connectivity index (χ1) is 11.4. The molecule has 120 valence electrons. The monoisotopic (exact) mass is 309 g/mol. The van der Waals surface area contributed by atoms with Crippen LogP contribution < -0.4 is 0 Å². The van der Waals surface area contributed by atoms with E-state index in [0.717, 1.165) is 39.3 Å². The summed E-state index contributed by atoms with van der Waals surface area (Å²) >= 11 is 0. The summed E-state index contributed by atoms with van der Waals surface area (Å²) in [6.07, 6.45) is 1.15. The van der Waals surface area contributed by atoms with Crippen LogP contribution in [0.15, 0.2) is 60.7 Å². The van der Waals surface area contributed by atoms with Crippen molar-refractivity contribution in [2.45, 2.75) is 24.7 Å². The van der Waals surface area contributed by atoms with E-state index in [4.69, 9.17) is 9.47 Å². The van der Waals surface area contributed by atoms with Crippen LogP contribution in [0.1, 0.15) is 17.5 Å². The van der Waals surface area contributed by atoms with Crippen molar-refractivity contribution < 1.29 is 9.47 Å². The molecular weight excluding hydrogens is 286 g/mol. The molecule has 0 aliphatic carbocycles. The Hall–Kier alpha value is -1.68. The van der Waals surface area contributed by atoms with Crippen molar-refractivity contribution in [3.05, 3.63) is 71.8 Å².